The molecule has 0 aromatic carbocycles. The molecule has 0 aliphatic carbocycles. The van der Waals surface area contributed by atoms with Crippen LogP contribution in [-0.4, -0.2) is 46.1 Å². The van der Waals surface area contributed by atoms with Crippen LogP contribution in [0.2, 0.25) is 0 Å². The van der Waals surface area contributed by atoms with Crippen LogP contribution in [0.4, 0.5) is 19.2 Å². The van der Waals surface area contributed by atoms with Crippen molar-refractivity contribution >= 4 is 11.9 Å². The number of halogens is 3. The maximum atomic E-state index is 12.6. The van der Waals surface area contributed by atoms with Crippen LogP contribution in [0.25, 0.3) is 17.3 Å². The number of aromatic nitrogens is 8. The largest absolute Gasteiger partial charge is 0.431 e. The first kappa shape index (κ1) is 18.1. The quantitative estimate of drug-likeness (QED) is 0.540. The summed E-state index contributed by atoms with van der Waals surface area (Å²) in [4.78, 5) is 28.0. The average molecular weight is 403 g/mol. The number of carbonyl (C=O) groups is 1. The summed E-state index contributed by atoms with van der Waals surface area (Å²) in [6, 6.07) is 3.36. The number of carbonyl (C=O) groups excluding carboxylic acids is 1. The third-order valence-electron chi connectivity index (χ3n) is 3.49. The summed E-state index contributed by atoms with van der Waals surface area (Å²) in [6.07, 6.45) is 0.206. The molecule has 4 heterocycles. The van der Waals surface area contributed by atoms with Crippen molar-refractivity contribution in [1.82, 2.24) is 40.1 Å². The van der Waals surface area contributed by atoms with E-state index in [4.69, 9.17) is 4.42 Å². The van der Waals surface area contributed by atoms with E-state index in [2.05, 4.69) is 40.8 Å². The summed E-state index contributed by atoms with van der Waals surface area (Å²) in [7, 11) is 0. The summed E-state index contributed by atoms with van der Waals surface area (Å²) >= 11 is 0. The second-order valence-corrected chi connectivity index (χ2v) is 5.38. The van der Waals surface area contributed by atoms with Gasteiger partial charge in [-0.2, -0.15) is 22.8 Å². The molecule has 0 saturated carbocycles. The first-order valence-electron chi connectivity index (χ1n) is 7.78. The van der Waals surface area contributed by atoms with Crippen LogP contribution in [0.3, 0.4) is 0 Å². The molecule has 11 nitrogen and oxygen atoms in total. The number of oxazole rings is 1. The van der Waals surface area contributed by atoms with E-state index < -0.39 is 17.6 Å². The zero-order valence-electron chi connectivity index (χ0n) is 14.1. The number of nitrogens with zero attached hydrogens (tertiary/aromatic N) is 8. The molecule has 0 atom stereocenters. The van der Waals surface area contributed by atoms with Gasteiger partial charge < -0.3 is 4.42 Å². The lowest BCUT2D eigenvalue weighted by Gasteiger charge is -2.05. The summed E-state index contributed by atoms with van der Waals surface area (Å²) in [5, 5.41) is 13.0. The summed E-state index contributed by atoms with van der Waals surface area (Å²) in [5.41, 5.74) is -0.641. The van der Waals surface area contributed by atoms with E-state index in [1.54, 1.807) is 6.07 Å². The van der Waals surface area contributed by atoms with Gasteiger partial charge in [0.25, 0.3) is 11.9 Å². The van der Waals surface area contributed by atoms with Crippen LogP contribution in [-0.2, 0) is 6.18 Å². The lowest BCUT2D eigenvalue weighted by Crippen LogP contribution is -2.19. The molecule has 0 aliphatic rings. The Morgan fingerprint density at radius 3 is 2.59 bits per heavy atom. The van der Waals surface area contributed by atoms with Gasteiger partial charge in [-0.3, -0.25) is 15.1 Å². The number of hydrogen-bond acceptors (Lipinski definition) is 9. The Labute approximate surface area is 158 Å². The van der Waals surface area contributed by atoms with Gasteiger partial charge in [0, 0.05) is 18.6 Å². The Kier molecular flexibility index (Phi) is 4.42. The minimum atomic E-state index is -4.50. The molecule has 0 unspecified atom stereocenters. The number of pyridine rings is 1. The molecule has 1 N–H and O–H groups in total. The van der Waals surface area contributed by atoms with Gasteiger partial charge in [-0.05, 0) is 28.6 Å². The highest BCUT2D eigenvalue weighted by atomic mass is 19.4. The number of nitrogens with one attached hydrogen (secondary N) is 1. The van der Waals surface area contributed by atoms with Crippen LogP contribution < -0.4 is 5.32 Å². The molecular formula is C15H8F3N9O2. The van der Waals surface area contributed by atoms with Crippen molar-refractivity contribution in [2.24, 2.45) is 0 Å². The van der Waals surface area contributed by atoms with Crippen molar-refractivity contribution in [3.05, 3.63) is 54.4 Å². The summed E-state index contributed by atoms with van der Waals surface area (Å²) in [5.74, 6) is -0.926. The third-order valence-corrected chi connectivity index (χ3v) is 3.49. The minimum Gasteiger partial charge on any atom is -0.431 e. The molecule has 14 heteroatoms. The predicted octanol–water partition coefficient (Wildman–Crippen LogP) is 1.77. The smallest absolute Gasteiger partial charge is 0.417 e. The second kappa shape index (κ2) is 7.06. The van der Waals surface area contributed by atoms with Crippen molar-refractivity contribution in [2.75, 3.05) is 5.32 Å². The molecule has 4 aromatic heterocycles. The second-order valence-electron chi connectivity index (χ2n) is 5.38. The number of hydrogen-bond donors (Lipinski definition) is 1. The van der Waals surface area contributed by atoms with Crippen LogP contribution in [0.15, 0.2) is 47.5 Å². The van der Waals surface area contributed by atoms with E-state index in [-0.39, 0.29) is 29.2 Å². The Bertz CT molecular complexity index is 1140. The molecule has 0 fully saturated rings. The fourth-order valence-corrected chi connectivity index (χ4v) is 2.18. The highest BCUT2D eigenvalue weighted by Gasteiger charge is 2.30. The zero-order chi connectivity index (χ0) is 20.4. The van der Waals surface area contributed by atoms with Gasteiger partial charge in [-0.15, -0.1) is 5.10 Å². The topological polar surface area (TPSA) is 137 Å². The van der Waals surface area contributed by atoms with Crippen molar-refractivity contribution in [2.45, 2.75) is 6.18 Å². The van der Waals surface area contributed by atoms with E-state index in [1.807, 2.05) is 0 Å². The molecular weight excluding hydrogens is 395 g/mol. The van der Waals surface area contributed by atoms with Crippen LogP contribution >= 0.6 is 0 Å². The number of tetrazole rings is 1. The Morgan fingerprint density at radius 2 is 1.90 bits per heavy atom. The number of alkyl halides is 3. The fourth-order valence-electron chi connectivity index (χ4n) is 2.18. The monoisotopic (exact) mass is 403 g/mol. The molecule has 0 radical (unpaired) electrons. The predicted molar refractivity (Wildman–Crippen MR) is 87.4 cm³/mol. The van der Waals surface area contributed by atoms with E-state index in [0.717, 1.165) is 23.1 Å². The first-order valence-corrected chi connectivity index (χ1v) is 7.78. The Hall–Kier alpha value is -4.23. The lowest BCUT2D eigenvalue weighted by molar-refractivity contribution is -0.137. The van der Waals surface area contributed by atoms with Crippen molar-refractivity contribution < 1.29 is 22.4 Å². The van der Waals surface area contributed by atoms with Gasteiger partial charge in [0.15, 0.2) is 0 Å². The van der Waals surface area contributed by atoms with Crippen LogP contribution in [0.1, 0.15) is 16.2 Å². The molecule has 0 bridgehead atoms. The molecule has 146 valence electrons. The minimum absolute atomic E-state index is 0.0738. The summed E-state index contributed by atoms with van der Waals surface area (Å²) in [6.45, 7) is 0. The van der Waals surface area contributed by atoms with Gasteiger partial charge in [-0.1, -0.05) is 0 Å². The van der Waals surface area contributed by atoms with E-state index in [1.165, 1.54) is 12.4 Å². The molecule has 4 aromatic rings. The number of rotatable bonds is 4. The average Bonchev–Trinajstić information content (AvgIpc) is 3.38. The molecule has 4 rings (SSSR count). The van der Waals surface area contributed by atoms with E-state index in [9.17, 15) is 18.0 Å². The molecule has 0 spiro atoms. The standard InChI is InChI=1S/C15H8F3N9O2/c16-15(17,18)8-2-3-9(21-6-8)10-7-29-14(22-10)23-12(28)11-24-25-26-27(11)13-19-4-1-5-20-13/h1-7H,(H,22,23,28). The summed E-state index contributed by atoms with van der Waals surface area (Å²) < 4.78 is 44.0. The molecule has 1 amide bonds. The van der Waals surface area contributed by atoms with Crippen LogP contribution in [0.5, 0.6) is 0 Å². The molecule has 0 aliphatic heterocycles. The normalized spacial score (nSPS) is 11.4. The molecule has 0 saturated heterocycles. The highest BCUT2D eigenvalue weighted by molar-refractivity contribution is 6.00. The third kappa shape index (κ3) is 3.76. The maximum Gasteiger partial charge on any atom is 0.417 e. The van der Waals surface area contributed by atoms with Crippen LogP contribution in [0, 0.1) is 0 Å². The van der Waals surface area contributed by atoms with E-state index >= 15 is 0 Å². The highest BCUT2D eigenvalue weighted by Crippen LogP contribution is 2.29. The fraction of sp³-hybridized carbons (Fsp3) is 0.0667. The van der Waals surface area contributed by atoms with Gasteiger partial charge in [0.2, 0.25) is 5.82 Å². The number of anilines is 1. The zero-order valence-corrected chi connectivity index (χ0v) is 14.1. The van der Waals surface area contributed by atoms with Gasteiger partial charge in [0.05, 0.1) is 11.3 Å². The van der Waals surface area contributed by atoms with E-state index in [0.29, 0.717) is 6.20 Å². The number of amides is 1. The first-order chi connectivity index (χ1) is 13.9. The Balaban J connectivity index is 1.52. The van der Waals surface area contributed by atoms with Crippen molar-refractivity contribution in [3.8, 4) is 17.3 Å². The SMILES string of the molecule is O=C(Nc1nc(-c2ccc(C(F)(F)F)cn2)co1)c1nnnn1-c1ncccn1. The van der Waals surface area contributed by atoms with Gasteiger partial charge >= 0.3 is 12.2 Å². The van der Waals surface area contributed by atoms with Crippen molar-refractivity contribution in [1.29, 1.82) is 0 Å². The maximum absolute atomic E-state index is 12.6. The van der Waals surface area contributed by atoms with Crippen molar-refractivity contribution in [3.63, 3.8) is 0 Å². The van der Waals surface area contributed by atoms with Gasteiger partial charge in [-0.25, -0.2) is 9.97 Å². The molecule has 29 heavy (non-hydrogen) atoms. The lowest BCUT2D eigenvalue weighted by atomic mass is 10.2. The van der Waals surface area contributed by atoms with Gasteiger partial charge in [0.1, 0.15) is 12.0 Å². The Morgan fingerprint density at radius 1 is 1.10 bits per heavy atom.